The number of nitrogens with two attached hydrogens (primary N) is 1. The Labute approximate surface area is 115 Å². The molecule has 0 bridgehead atoms. The van der Waals surface area contributed by atoms with E-state index in [0.29, 0.717) is 6.07 Å². The van der Waals surface area contributed by atoms with Crippen LogP contribution in [0.25, 0.3) is 0 Å². The van der Waals surface area contributed by atoms with Crippen molar-refractivity contribution in [3.05, 3.63) is 33.6 Å². The first kappa shape index (κ1) is 17.6. The first-order valence-electron chi connectivity index (χ1n) is 5.24. The van der Waals surface area contributed by atoms with Crippen LogP contribution in [0, 0.1) is 21.3 Å². The lowest BCUT2D eigenvalue weighted by Gasteiger charge is -2.29. The molecule has 4 N–H and O–H groups in total. The van der Waals surface area contributed by atoms with E-state index >= 15 is 0 Å². The minimum absolute atomic E-state index is 0. The van der Waals surface area contributed by atoms with Crippen molar-refractivity contribution >= 4 is 18.1 Å². The number of rotatable bonds is 4. The van der Waals surface area contributed by atoms with Crippen molar-refractivity contribution in [3.63, 3.8) is 0 Å². The maximum atomic E-state index is 13.3. The van der Waals surface area contributed by atoms with E-state index in [2.05, 4.69) is 0 Å². The average Bonchev–Trinajstić information content (AvgIpc) is 2.30. The quantitative estimate of drug-likeness (QED) is 0.580. The van der Waals surface area contributed by atoms with Crippen molar-refractivity contribution in [3.8, 4) is 5.75 Å². The molecular weight excluding hydrogens is 279 g/mol. The number of phenols is 1. The van der Waals surface area contributed by atoms with Crippen LogP contribution in [0.4, 0.5) is 10.1 Å². The van der Waals surface area contributed by atoms with Crippen molar-refractivity contribution in [2.75, 3.05) is 6.61 Å². The normalized spacial score (nSPS) is 12.7. The molecule has 0 aliphatic rings. The maximum Gasteiger partial charge on any atom is 0.313 e. The van der Waals surface area contributed by atoms with Gasteiger partial charge in [-0.1, -0.05) is 13.8 Å². The highest BCUT2D eigenvalue weighted by Gasteiger charge is 2.32. The zero-order valence-corrected chi connectivity index (χ0v) is 11.3. The summed E-state index contributed by atoms with van der Waals surface area (Å²) in [5.74, 6) is -1.53. The van der Waals surface area contributed by atoms with Crippen LogP contribution in [-0.4, -0.2) is 21.7 Å². The lowest BCUT2D eigenvalue weighted by molar-refractivity contribution is -0.386. The number of benzene rings is 1. The van der Waals surface area contributed by atoms with Gasteiger partial charge in [-0.3, -0.25) is 10.1 Å². The van der Waals surface area contributed by atoms with E-state index in [-0.39, 0.29) is 24.6 Å². The molecule has 1 rings (SSSR count). The molecule has 1 aromatic carbocycles. The Kier molecular flexibility index (Phi) is 5.67. The molecule has 0 saturated carbocycles. The Morgan fingerprint density at radius 2 is 2.05 bits per heavy atom. The van der Waals surface area contributed by atoms with Crippen LogP contribution in [-0.2, 0) is 0 Å². The van der Waals surface area contributed by atoms with Gasteiger partial charge in [-0.15, -0.1) is 12.4 Å². The van der Waals surface area contributed by atoms with Gasteiger partial charge in [0.15, 0.2) is 5.75 Å². The van der Waals surface area contributed by atoms with Gasteiger partial charge in [0, 0.05) is 23.6 Å². The Morgan fingerprint density at radius 3 is 2.47 bits per heavy atom. The van der Waals surface area contributed by atoms with E-state index in [4.69, 9.17) is 5.73 Å². The molecule has 0 aliphatic carbocycles. The summed E-state index contributed by atoms with van der Waals surface area (Å²) in [6, 6.07) is 0.624. The van der Waals surface area contributed by atoms with Gasteiger partial charge in [-0.2, -0.15) is 0 Å². The number of nitrogens with zero attached hydrogens (tertiary/aromatic N) is 1. The number of halogens is 2. The molecule has 1 atom stereocenters. The Bertz CT molecular complexity index is 482. The van der Waals surface area contributed by atoms with Gasteiger partial charge in [0.1, 0.15) is 5.82 Å². The van der Waals surface area contributed by atoms with Gasteiger partial charge in [-0.25, -0.2) is 4.39 Å². The topological polar surface area (TPSA) is 110 Å². The number of phenolic OH excluding ortho intramolecular Hbond substituents is 1. The number of hydrogen-bond donors (Lipinski definition) is 3. The largest absolute Gasteiger partial charge is 0.502 e. The van der Waals surface area contributed by atoms with Crippen molar-refractivity contribution in [1.82, 2.24) is 0 Å². The van der Waals surface area contributed by atoms with Crippen LogP contribution < -0.4 is 5.73 Å². The highest BCUT2D eigenvalue weighted by atomic mass is 35.5. The van der Waals surface area contributed by atoms with E-state index in [0.717, 1.165) is 6.07 Å². The summed E-state index contributed by atoms with van der Waals surface area (Å²) < 4.78 is 13.3. The molecule has 0 radical (unpaired) electrons. The van der Waals surface area contributed by atoms with E-state index in [1.165, 1.54) is 0 Å². The van der Waals surface area contributed by atoms with E-state index < -0.39 is 33.6 Å². The van der Waals surface area contributed by atoms with Crippen molar-refractivity contribution in [2.45, 2.75) is 19.9 Å². The standard InChI is InChI=1S/C11H15FN2O4.ClH/c1-11(2,5-15)10(13)7-3-6(12)4-8(9(7)16)14(17)18;/h3-4,10,15-16H,5,13H2,1-2H3;1H/t10-;/m0./s1. The SMILES string of the molecule is CC(C)(CO)[C@@H](N)c1cc(F)cc([N+](=O)[O-])c1O.Cl. The molecular formula is C11H16ClFN2O4. The van der Waals surface area contributed by atoms with Gasteiger partial charge in [0.25, 0.3) is 0 Å². The van der Waals surface area contributed by atoms with Gasteiger partial charge in [-0.05, 0) is 6.07 Å². The van der Waals surface area contributed by atoms with Gasteiger partial charge in [0.05, 0.1) is 11.0 Å². The van der Waals surface area contributed by atoms with E-state index in [9.17, 15) is 24.7 Å². The molecule has 19 heavy (non-hydrogen) atoms. The number of aromatic hydroxyl groups is 1. The third-order valence-electron chi connectivity index (χ3n) is 2.87. The number of aliphatic hydroxyl groups excluding tert-OH is 1. The fraction of sp³-hybridized carbons (Fsp3) is 0.455. The molecule has 0 saturated heterocycles. The summed E-state index contributed by atoms with van der Waals surface area (Å²) in [6.45, 7) is 2.90. The van der Waals surface area contributed by atoms with E-state index in [1.807, 2.05) is 0 Å². The zero-order valence-electron chi connectivity index (χ0n) is 10.5. The van der Waals surface area contributed by atoms with Crippen molar-refractivity contribution < 1.29 is 19.5 Å². The molecule has 6 nitrogen and oxygen atoms in total. The molecule has 8 heteroatoms. The van der Waals surface area contributed by atoms with Crippen LogP contribution in [0.2, 0.25) is 0 Å². The molecule has 0 amide bonds. The summed E-state index contributed by atoms with van der Waals surface area (Å²) >= 11 is 0. The highest BCUT2D eigenvalue weighted by Crippen LogP contribution is 2.40. The second-order valence-corrected chi connectivity index (χ2v) is 4.74. The highest BCUT2D eigenvalue weighted by molar-refractivity contribution is 5.85. The monoisotopic (exact) mass is 294 g/mol. The summed E-state index contributed by atoms with van der Waals surface area (Å²) in [7, 11) is 0. The molecule has 0 unspecified atom stereocenters. The van der Waals surface area contributed by atoms with Crippen LogP contribution in [0.5, 0.6) is 5.75 Å². The maximum absolute atomic E-state index is 13.3. The molecule has 0 spiro atoms. The second kappa shape index (κ2) is 6.14. The lowest BCUT2D eigenvalue weighted by atomic mass is 9.81. The van der Waals surface area contributed by atoms with Gasteiger partial charge < -0.3 is 15.9 Å². The average molecular weight is 295 g/mol. The van der Waals surface area contributed by atoms with Crippen LogP contribution in [0.3, 0.4) is 0 Å². The predicted molar refractivity (Wildman–Crippen MR) is 69.8 cm³/mol. The van der Waals surface area contributed by atoms with Gasteiger partial charge >= 0.3 is 5.69 Å². The second-order valence-electron chi connectivity index (χ2n) is 4.74. The van der Waals surface area contributed by atoms with Crippen molar-refractivity contribution in [1.29, 1.82) is 0 Å². The number of nitro groups is 1. The van der Waals surface area contributed by atoms with Crippen LogP contribution in [0.15, 0.2) is 12.1 Å². The Hall–Kier alpha value is -1.44. The molecule has 0 heterocycles. The predicted octanol–water partition coefficient (Wildman–Crippen LogP) is 1.88. The summed E-state index contributed by atoms with van der Waals surface area (Å²) in [6.07, 6.45) is 0. The molecule has 1 aromatic rings. The number of hydrogen-bond acceptors (Lipinski definition) is 5. The summed E-state index contributed by atoms with van der Waals surface area (Å²) in [4.78, 5) is 9.77. The van der Waals surface area contributed by atoms with Crippen LogP contribution >= 0.6 is 12.4 Å². The first-order chi connectivity index (χ1) is 8.20. The third kappa shape index (κ3) is 3.52. The zero-order chi connectivity index (χ0) is 14.1. The fourth-order valence-corrected chi connectivity index (χ4v) is 1.50. The van der Waals surface area contributed by atoms with Crippen LogP contribution in [0.1, 0.15) is 25.5 Å². The summed E-state index contributed by atoms with van der Waals surface area (Å²) in [5.41, 5.74) is 4.13. The first-order valence-corrected chi connectivity index (χ1v) is 5.24. The number of aliphatic hydroxyl groups is 1. The third-order valence-corrected chi connectivity index (χ3v) is 2.87. The van der Waals surface area contributed by atoms with E-state index in [1.54, 1.807) is 13.8 Å². The van der Waals surface area contributed by atoms with Crippen molar-refractivity contribution in [2.24, 2.45) is 11.1 Å². The smallest absolute Gasteiger partial charge is 0.313 e. The summed E-state index contributed by atoms with van der Waals surface area (Å²) in [5, 5.41) is 29.6. The Balaban J connectivity index is 0.00000324. The van der Waals surface area contributed by atoms with Gasteiger partial charge in [0.2, 0.25) is 0 Å². The molecule has 0 aliphatic heterocycles. The fourth-order valence-electron chi connectivity index (χ4n) is 1.50. The molecule has 0 fully saturated rings. The Morgan fingerprint density at radius 1 is 1.53 bits per heavy atom. The molecule has 108 valence electrons. The number of nitro benzene ring substituents is 1. The molecule has 0 aromatic heterocycles. The lowest BCUT2D eigenvalue weighted by Crippen LogP contribution is -2.32. The minimum Gasteiger partial charge on any atom is -0.502 e. The minimum atomic E-state index is -0.933.